The lowest BCUT2D eigenvalue weighted by molar-refractivity contribution is -0.122. The largest absolute Gasteiger partial charge is 0.379 e. The van der Waals surface area contributed by atoms with Crippen LogP contribution in [0.2, 0.25) is 0 Å². The van der Waals surface area contributed by atoms with Gasteiger partial charge in [-0.2, -0.15) is 0 Å². The number of rotatable bonds is 17. The van der Waals surface area contributed by atoms with Gasteiger partial charge in [0, 0.05) is 25.6 Å². The fourth-order valence-electron chi connectivity index (χ4n) is 2.40. The second-order valence-corrected chi connectivity index (χ2v) is 7.25. The number of hydrogen-bond acceptors (Lipinski definition) is 3. The van der Waals surface area contributed by atoms with Crippen molar-refractivity contribution in [2.75, 3.05) is 26.4 Å². The molecule has 0 spiro atoms. The molecule has 0 atom stereocenters. The van der Waals surface area contributed by atoms with Crippen LogP contribution in [0.1, 0.15) is 85.5 Å². The molecule has 0 bridgehead atoms. The van der Waals surface area contributed by atoms with Gasteiger partial charge in [0.05, 0.1) is 13.2 Å². The Morgan fingerprint density at radius 1 is 0.696 bits per heavy atom. The van der Waals surface area contributed by atoms with E-state index >= 15 is 0 Å². The zero-order chi connectivity index (χ0) is 17.3. The van der Waals surface area contributed by atoms with Gasteiger partial charge in [-0.1, -0.05) is 59.8 Å². The van der Waals surface area contributed by atoms with Crippen LogP contribution >= 0.6 is 0 Å². The SMILES string of the molecule is CC(C)CCCCCCOCCOCCCCCC(=O)C(C)C. The fraction of sp³-hybridized carbons (Fsp3) is 0.950. The molecule has 0 unspecified atom stereocenters. The van der Waals surface area contributed by atoms with Crippen molar-refractivity contribution in [3.63, 3.8) is 0 Å². The number of unbranched alkanes of at least 4 members (excludes halogenated alkanes) is 5. The third-order valence-corrected chi connectivity index (χ3v) is 4.05. The van der Waals surface area contributed by atoms with Gasteiger partial charge in [0.1, 0.15) is 5.78 Å². The first-order valence-electron chi connectivity index (χ1n) is 9.72. The molecule has 0 aromatic rings. The van der Waals surface area contributed by atoms with E-state index in [0.29, 0.717) is 19.0 Å². The summed E-state index contributed by atoms with van der Waals surface area (Å²) in [4.78, 5) is 11.4. The summed E-state index contributed by atoms with van der Waals surface area (Å²) >= 11 is 0. The van der Waals surface area contributed by atoms with Crippen LogP contribution < -0.4 is 0 Å². The molecule has 0 N–H and O–H groups in total. The molecule has 0 saturated carbocycles. The maximum absolute atomic E-state index is 11.4. The Morgan fingerprint density at radius 3 is 1.74 bits per heavy atom. The summed E-state index contributed by atoms with van der Waals surface area (Å²) < 4.78 is 11.1. The smallest absolute Gasteiger partial charge is 0.135 e. The lowest BCUT2D eigenvalue weighted by Gasteiger charge is -2.07. The van der Waals surface area contributed by atoms with Gasteiger partial charge in [-0.05, 0) is 25.2 Å². The van der Waals surface area contributed by atoms with Gasteiger partial charge < -0.3 is 9.47 Å². The van der Waals surface area contributed by atoms with Gasteiger partial charge in [0.2, 0.25) is 0 Å². The molecule has 0 saturated heterocycles. The highest BCUT2D eigenvalue weighted by molar-refractivity contribution is 5.80. The molecule has 23 heavy (non-hydrogen) atoms. The Morgan fingerprint density at radius 2 is 1.22 bits per heavy atom. The summed E-state index contributed by atoms with van der Waals surface area (Å²) in [6, 6.07) is 0. The van der Waals surface area contributed by atoms with E-state index in [1.54, 1.807) is 0 Å². The van der Waals surface area contributed by atoms with E-state index in [0.717, 1.165) is 44.8 Å². The summed E-state index contributed by atoms with van der Waals surface area (Å²) in [6.07, 6.45) is 10.3. The Labute approximate surface area is 144 Å². The van der Waals surface area contributed by atoms with Crippen LogP contribution in [0.3, 0.4) is 0 Å². The zero-order valence-electron chi connectivity index (χ0n) is 16.1. The Bertz CT molecular complexity index is 262. The molecule has 0 aromatic carbocycles. The van der Waals surface area contributed by atoms with E-state index in [4.69, 9.17) is 9.47 Å². The van der Waals surface area contributed by atoms with Crippen molar-refractivity contribution < 1.29 is 14.3 Å². The number of Topliss-reactive ketones (excluding diaryl/α,β-unsaturated/α-hetero) is 1. The number of carbonyl (C=O) groups excluding carboxylic acids is 1. The lowest BCUT2D eigenvalue weighted by atomic mass is 10.0. The van der Waals surface area contributed by atoms with Crippen molar-refractivity contribution in [1.29, 1.82) is 0 Å². The first-order valence-corrected chi connectivity index (χ1v) is 9.72. The standard InChI is InChI=1S/C20H40O3/c1-18(2)12-8-5-6-10-14-22-16-17-23-15-11-7-9-13-20(21)19(3)4/h18-19H,5-17H2,1-4H3. The summed E-state index contributed by atoms with van der Waals surface area (Å²) in [5, 5.41) is 0. The van der Waals surface area contributed by atoms with E-state index in [1.807, 2.05) is 13.8 Å². The van der Waals surface area contributed by atoms with Crippen molar-refractivity contribution in [1.82, 2.24) is 0 Å². The maximum atomic E-state index is 11.4. The molecule has 0 aliphatic heterocycles. The fourth-order valence-corrected chi connectivity index (χ4v) is 2.40. The Kier molecular flexibility index (Phi) is 16.2. The van der Waals surface area contributed by atoms with Crippen LogP contribution in [0.5, 0.6) is 0 Å². The highest BCUT2D eigenvalue weighted by atomic mass is 16.5. The van der Waals surface area contributed by atoms with Gasteiger partial charge in [0.15, 0.2) is 0 Å². The molecule has 0 aliphatic rings. The predicted octanol–water partition coefficient (Wildman–Crippen LogP) is 5.41. The number of carbonyl (C=O) groups is 1. The molecule has 0 aliphatic carbocycles. The highest BCUT2D eigenvalue weighted by Crippen LogP contribution is 2.09. The molecule has 0 aromatic heterocycles. The summed E-state index contributed by atoms with van der Waals surface area (Å²) in [6.45, 7) is 11.6. The topological polar surface area (TPSA) is 35.5 Å². The zero-order valence-corrected chi connectivity index (χ0v) is 16.1. The summed E-state index contributed by atoms with van der Waals surface area (Å²) in [7, 11) is 0. The molecule has 138 valence electrons. The molecule has 0 amide bonds. The van der Waals surface area contributed by atoms with E-state index in [-0.39, 0.29) is 5.92 Å². The molecule has 0 fully saturated rings. The van der Waals surface area contributed by atoms with Gasteiger partial charge in [0.25, 0.3) is 0 Å². The minimum absolute atomic E-state index is 0.179. The normalized spacial score (nSPS) is 11.6. The molecular weight excluding hydrogens is 288 g/mol. The average Bonchev–Trinajstić information content (AvgIpc) is 2.50. The van der Waals surface area contributed by atoms with Crippen molar-refractivity contribution in [3.8, 4) is 0 Å². The van der Waals surface area contributed by atoms with Crippen molar-refractivity contribution >= 4 is 5.78 Å². The quantitative estimate of drug-likeness (QED) is 0.335. The molecule has 0 radical (unpaired) electrons. The van der Waals surface area contributed by atoms with Gasteiger partial charge in [-0.25, -0.2) is 0 Å². The third kappa shape index (κ3) is 17.8. The van der Waals surface area contributed by atoms with E-state index < -0.39 is 0 Å². The lowest BCUT2D eigenvalue weighted by Crippen LogP contribution is -2.07. The Balaban J connectivity index is 3.07. The van der Waals surface area contributed by atoms with Crippen LogP contribution in [0.25, 0.3) is 0 Å². The number of ether oxygens (including phenoxy) is 2. The molecule has 3 heteroatoms. The van der Waals surface area contributed by atoms with Crippen molar-refractivity contribution in [2.24, 2.45) is 11.8 Å². The Hall–Kier alpha value is -0.410. The summed E-state index contributed by atoms with van der Waals surface area (Å²) in [5.74, 6) is 1.39. The minimum atomic E-state index is 0.179. The third-order valence-electron chi connectivity index (χ3n) is 4.05. The molecular formula is C20H40O3. The minimum Gasteiger partial charge on any atom is -0.379 e. The molecule has 0 heterocycles. The van der Waals surface area contributed by atoms with Crippen LogP contribution in [0, 0.1) is 11.8 Å². The maximum Gasteiger partial charge on any atom is 0.135 e. The second kappa shape index (κ2) is 16.4. The average molecular weight is 329 g/mol. The van der Waals surface area contributed by atoms with Crippen molar-refractivity contribution in [3.05, 3.63) is 0 Å². The monoisotopic (exact) mass is 328 g/mol. The van der Waals surface area contributed by atoms with Crippen LogP contribution in [-0.4, -0.2) is 32.2 Å². The molecule has 3 nitrogen and oxygen atoms in total. The number of ketones is 1. The van der Waals surface area contributed by atoms with Gasteiger partial charge in [-0.3, -0.25) is 4.79 Å². The highest BCUT2D eigenvalue weighted by Gasteiger charge is 2.05. The van der Waals surface area contributed by atoms with Crippen molar-refractivity contribution in [2.45, 2.75) is 85.5 Å². The van der Waals surface area contributed by atoms with Crippen LogP contribution in [0.15, 0.2) is 0 Å². The second-order valence-electron chi connectivity index (χ2n) is 7.25. The summed E-state index contributed by atoms with van der Waals surface area (Å²) in [5.41, 5.74) is 0. The van der Waals surface area contributed by atoms with Crippen LogP contribution in [-0.2, 0) is 14.3 Å². The first kappa shape index (κ1) is 22.6. The molecule has 0 rings (SSSR count). The van der Waals surface area contributed by atoms with Gasteiger partial charge in [-0.15, -0.1) is 0 Å². The first-order chi connectivity index (χ1) is 11.0. The number of hydrogen-bond donors (Lipinski definition) is 0. The van der Waals surface area contributed by atoms with Gasteiger partial charge >= 0.3 is 0 Å². The van der Waals surface area contributed by atoms with Crippen LogP contribution in [0.4, 0.5) is 0 Å². The van der Waals surface area contributed by atoms with E-state index in [9.17, 15) is 4.79 Å². The van der Waals surface area contributed by atoms with E-state index in [1.165, 1.54) is 32.1 Å². The predicted molar refractivity (Wildman–Crippen MR) is 97.9 cm³/mol. The van der Waals surface area contributed by atoms with E-state index in [2.05, 4.69) is 13.8 Å².